The van der Waals surface area contributed by atoms with E-state index in [0.29, 0.717) is 40.0 Å². The van der Waals surface area contributed by atoms with Crippen molar-refractivity contribution in [3.05, 3.63) is 42.0 Å². The molecule has 3 heterocycles. The molecule has 1 aliphatic heterocycles. The van der Waals surface area contributed by atoms with Crippen LogP contribution in [0.2, 0.25) is 0 Å². The molecule has 1 saturated carbocycles. The lowest BCUT2D eigenvalue weighted by Crippen LogP contribution is -2.36. The first-order valence-corrected chi connectivity index (χ1v) is 9.87. The van der Waals surface area contributed by atoms with Crippen molar-refractivity contribution in [1.29, 1.82) is 5.26 Å². The molecule has 0 saturated heterocycles. The number of hydrogen-bond donors (Lipinski definition) is 2. The normalized spacial score (nSPS) is 18.9. The first-order chi connectivity index (χ1) is 12.4. The molecule has 1 atom stereocenters. The number of aromatic nitrogens is 2. The Morgan fingerprint density at radius 1 is 1.62 bits per heavy atom. The molecule has 134 valence electrons. The van der Waals surface area contributed by atoms with Crippen molar-refractivity contribution in [2.45, 2.75) is 29.1 Å². The fourth-order valence-electron chi connectivity index (χ4n) is 2.67. The van der Waals surface area contributed by atoms with Gasteiger partial charge in [0, 0.05) is 24.9 Å². The van der Waals surface area contributed by atoms with Gasteiger partial charge in [0.05, 0.1) is 35.7 Å². The first-order valence-electron chi connectivity index (χ1n) is 7.91. The summed E-state index contributed by atoms with van der Waals surface area (Å²) in [6.07, 6.45) is 4.91. The van der Waals surface area contributed by atoms with Crippen molar-refractivity contribution in [2.75, 3.05) is 5.32 Å². The van der Waals surface area contributed by atoms with E-state index in [-0.39, 0.29) is 5.91 Å². The van der Waals surface area contributed by atoms with Crippen LogP contribution in [-0.2, 0) is 25.0 Å². The Kier molecular flexibility index (Phi) is 4.04. The minimum absolute atomic E-state index is 0.200. The first kappa shape index (κ1) is 17.1. The van der Waals surface area contributed by atoms with E-state index < -0.39 is 16.9 Å². The lowest BCUT2D eigenvalue weighted by atomic mass is 10.2. The monoisotopic (exact) mass is 388 g/mol. The molecule has 1 amide bonds. The molecule has 0 bridgehead atoms. The number of nitrogens with zero attached hydrogens (tertiary/aromatic N) is 4. The molecule has 1 unspecified atom stereocenters. The quantitative estimate of drug-likeness (QED) is 0.755. The van der Waals surface area contributed by atoms with E-state index in [9.17, 15) is 9.35 Å². The maximum absolute atomic E-state index is 12.9. The van der Waals surface area contributed by atoms with E-state index in [4.69, 9.17) is 5.26 Å². The third kappa shape index (κ3) is 2.99. The molecular formula is C16H16N6O2S2. The highest BCUT2D eigenvalue weighted by Gasteiger charge is 2.48. The van der Waals surface area contributed by atoms with Gasteiger partial charge in [-0.25, -0.2) is 0 Å². The van der Waals surface area contributed by atoms with Crippen LogP contribution in [-0.4, -0.2) is 30.7 Å². The van der Waals surface area contributed by atoms with Crippen LogP contribution in [0.5, 0.6) is 0 Å². The number of amides is 1. The lowest BCUT2D eigenvalue weighted by Gasteiger charge is -2.29. The zero-order chi connectivity index (χ0) is 18.5. The highest BCUT2D eigenvalue weighted by Crippen LogP contribution is 2.40. The van der Waals surface area contributed by atoms with Gasteiger partial charge in [-0.1, -0.05) is 17.9 Å². The molecule has 0 spiro atoms. The summed E-state index contributed by atoms with van der Waals surface area (Å²) < 4.78 is 17.6. The molecule has 2 aromatic rings. The molecule has 2 N–H and O–H groups in total. The topological polar surface area (TPSA) is 109 Å². The van der Waals surface area contributed by atoms with Gasteiger partial charge in [-0.2, -0.15) is 10.4 Å². The van der Waals surface area contributed by atoms with Crippen molar-refractivity contribution in [1.82, 2.24) is 19.4 Å². The second-order valence-electron chi connectivity index (χ2n) is 6.36. The SMILES string of the molecule is C=C1Nc2sc([S+]([O-])NC3(C#N)CC3)cc2C(=O)N1Cc1cnn(C)c1. The number of thiophene rings is 1. The molecule has 8 nitrogen and oxygen atoms in total. The highest BCUT2D eigenvalue weighted by atomic mass is 32.2. The number of nitrogens with one attached hydrogen (secondary N) is 2. The smallest absolute Gasteiger partial charge is 0.262 e. The average molecular weight is 388 g/mol. The number of nitriles is 1. The van der Waals surface area contributed by atoms with Crippen LogP contribution < -0.4 is 10.0 Å². The van der Waals surface area contributed by atoms with Gasteiger partial charge in [0.2, 0.25) is 4.21 Å². The maximum Gasteiger partial charge on any atom is 0.262 e. The van der Waals surface area contributed by atoms with E-state index >= 15 is 0 Å². The zero-order valence-corrected chi connectivity index (χ0v) is 15.6. The van der Waals surface area contributed by atoms with E-state index in [1.165, 1.54) is 16.2 Å². The van der Waals surface area contributed by atoms with E-state index in [1.807, 2.05) is 13.2 Å². The molecule has 2 aliphatic rings. The summed E-state index contributed by atoms with van der Waals surface area (Å²) in [5.74, 6) is 0.266. The Hall–Kier alpha value is -2.32. The van der Waals surface area contributed by atoms with Crippen LogP contribution >= 0.6 is 11.3 Å². The van der Waals surface area contributed by atoms with Gasteiger partial charge in [-0.3, -0.25) is 14.4 Å². The third-order valence-corrected chi connectivity index (χ3v) is 6.91. The van der Waals surface area contributed by atoms with Gasteiger partial charge in [0.25, 0.3) is 5.91 Å². The van der Waals surface area contributed by atoms with Crippen molar-refractivity contribution < 1.29 is 9.35 Å². The number of aryl methyl sites for hydroxylation is 1. The number of carbonyl (C=O) groups excluding carboxylic acids is 1. The van der Waals surface area contributed by atoms with Crippen molar-refractivity contribution in [2.24, 2.45) is 7.05 Å². The number of carbonyl (C=O) groups is 1. The van der Waals surface area contributed by atoms with Crippen LogP contribution in [0.15, 0.2) is 35.1 Å². The fraction of sp³-hybridized carbons (Fsp3) is 0.312. The summed E-state index contributed by atoms with van der Waals surface area (Å²) in [5.41, 5.74) is 0.652. The van der Waals surface area contributed by atoms with Gasteiger partial charge in [0.1, 0.15) is 16.4 Å². The van der Waals surface area contributed by atoms with E-state index in [0.717, 1.165) is 5.56 Å². The van der Waals surface area contributed by atoms with Crippen molar-refractivity contribution >= 4 is 33.6 Å². The molecule has 1 fully saturated rings. The van der Waals surface area contributed by atoms with Gasteiger partial charge in [0.15, 0.2) is 0 Å². The summed E-state index contributed by atoms with van der Waals surface area (Å²) in [7, 11) is 1.81. The van der Waals surface area contributed by atoms with Crippen LogP contribution in [0, 0.1) is 11.3 Å². The Balaban J connectivity index is 1.55. The predicted octanol–water partition coefficient (Wildman–Crippen LogP) is 1.69. The van der Waals surface area contributed by atoms with E-state index in [2.05, 4.69) is 27.8 Å². The predicted molar refractivity (Wildman–Crippen MR) is 97.3 cm³/mol. The number of fused-ring (bicyclic) bond motifs is 1. The Morgan fingerprint density at radius 3 is 3.00 bits per heavy atom. The Labute approximate surface area is 157 Å². The van der Waals surface area contributed by atoms with Gasteiger partial charge in [-0.15, -0.1) is 4.72 Å². The average Bonchev–Trinajstić information content (AvgIpc) is 3.04. The van der Waals surface area contributed by atoms with Gasteiger partial charge in [-0.05, 0) is 12.8 Å². The number of hydrogen-bond acceptors (Lipinski definition) is 7. The second-order valence-corrected chi connectivity index (χ2v) is 8.85. The van der Waals surface area contributed by atoms with Crippen LogP contribution in [0.25, 0.3) is 0 Å². The Morgan fingerprint density at radius 2 is 2.38 bits per heavy atom. The molecule has 2 aromatic heterocycles. The van der Waals surface area contributed by atoms with Crippen molar-refractivity contribution in [3.63, 3.8) is 0 Å². The largest absolute Gasteiger partial charge is 0.592 e. The molecule has 1 aliphatic carbocycles. The molecule has 10 heteroatoms. The summed E-state index contributed by atoms with van der Waals surface area (Å²) >= 11 is -0.300. The summed E-state index contributed by atoms with van der Waals surface area (Å²) in [6.45, 7) is 4.27. The summed E-state index contributed by atoms with van der Waals surface area (Å²) in [6, 6.07) is 3.77. The molecule has 4 rings (SSSR count). The van der Waals surface area contributed by atoms with Crippen LogP contribution in [0.3, 0.4) is 0 Å². The highest BCUT2D eigenvalue weighted by molar-refractivity contribution is 7.91. The molecule has 26 heavy (non-hydrogen) atoms. The molecule has 0 aromatic carbocycles. The minimum Gasteiger partial charge on any atom is -0.592 e. The zero-order valence-electron chi connectivity index (χ0n) is 14.0. The standard InChI is InChI=1S/C16H16N6O2S2/c1-10-19-14-12(15(23)22(10)8-11-6-18-21(2)7-11)5-13(25-14)26(24)20-16(9-17)3-4-16/h5-7,19-20H,1,3-4,8H2,2H3. The summed E-state index contributed by atoms with van der Waals surface area (Å²) in [5, 5.41) is 17.0. The fourth-order valence-corrected chi connectivity index (χ4v) is 5.08. The number of anilines is 1. The third-order valence-electron chi connectivity index (χ3n) is 4.30. The molecular weight excluding hydrogens is 372 g/mol. The Bertz CT molecular complexity index is 939. The van der Waals surface area contributed by atoms with Crippen LogP contribution in [0.1, 0.15) is 28.8 Å². The van der Waals surface area contributed by atoms with Gasteiger partial charge < -0.3 is 9.87 Å². The summed E-state index contributed by atoms with van der Waals surface area (Å²) in [4.78, 5) is 14.4. The van der Waals surface area contributed by atoms with E-state index in [1.54, 1.807) is 16.9 Å². The molecule has 0 radical (unpaired) electrons. The second kappa shape index (κ2) is 6.14. The number of rotatable bonds is 5. The minimum atomic E-state index is -1.53. The van der Waals surface area contributed by atoms with Crippen LogP contribution in [0.4, 0.5) is 5.00 Å². The van der Waals surface area contributed by atoms with Gasteiger partial charge >= 0.3 is 0 Å². The maximum atomic E-state index is 12.9. The lowest BCUT2D eigenvalue weighted by molar-refractivity contribution is 0.0793. The van der Waals surface area contributed by atoms with Crippen molar-refractivity contribution in [3.8, 4) is 6.07 Å².